The Morgan fingerprint density at radius 2 is 1.90 bits per heavy atom. The summed E-state index contributed by atoms with van der Waals surface area (Å²) in [5, 5.41) is 13.7. The third-order valence-electron chi connectivity index (χ3n) is 6.30. The van der Waals surface area contributed by atoms with E-state index >= 15 is 0 Å². The van der Waals surface area contributed by atoms with E-state index in [0.717, 1.165) is 9.69 Å². The summed E-state index contributed by atoms with van der Waals surface area (Å²) in [4.78, 5) is 39.5. The molecule has 1 unspecified atom stereocenters. The Labute approximate surface area is 242 Å². The van der Waals surface area contributed by atoms with E-state index in [9.17, 15) is 28.0 Å². The molecule has 224 valence electrons. The monoisotopic (exact) mass is 608 g/mol. The van der Waals surface area contributed by atoms with E-state index in [1.165, 1.54) is 12.1 Å². The molecule has 13 nitrogen and oxygen atoms in total. The largest absolute Gasteiger partial charge is 0.444 e. The van der Waals surface area contributed by atoms with Crippen molar-refractivity contribution in [3.8, 4) is 6.07 Å². The normalized spacial score (nSPS) is 16.7. The van der Waals surface area contributed by atoms with Gasteiger partial charge in [-0.15, -0.1) is 0 Å². The van der Waals surface area contributed by atoms with Crippen LogP contribution in [0.2, 0.25) is 5.02 Å². The number of aromatic nitrogens is 4. The molecule has 17 heteroatoms. The molecule has 4 rings (SSSR count). The maximum Gasteiger partial charge on any atom is 0.410 e. The molecular weight excluding hydrogens is 581 g/mol. The Morgan fingerprint density at radius 1 is 1.21 bits per heavy atom. The average molecular weight is 609 g/mol. The second-order valence-electron chi connectivity index (χ2n) is 10.5. The van der Waals surface area contributed by atoms with E-state index in [2.05, 4.69) is 20.3 Å². The number of alkyl halides is 3. The predicted octanol–water partition coefficient (Wildman–Crippen LogP) is 3.17. The molecule has 3 aromatic rings. The molecule has 0 bridgehead atoms. The van der Waals surface area contributed by atoms with Crippen LogP contribution >= 0.6 is 11.6 Å². The van der Waals surface area contributed by atoms with Crippen LogP contribution in [0.15, 0.2) is 23.0 Å². The molecule has 1 saturated heterocycles. The van der Waals surface area contributed by atoms with Crippen LogP contribution < -0.4 is 27.4 Å². The highest BCUT2D eigenvalue weighted by Crippen LogP contribution is 2.31. The van der Waals surface area contributed by atoms with Crippen molar-refractivity contribution >= 4 is 46.2 Å². The number of benzene rings is 1. The van der Waals surface area contributed by atoms with Crippen molar-refractivity contribution < 1.29 is 22.7 Å². The summed E-state index contributed by atoms with van der Waals surface area (Å²) in [5.74, 6) is -0.518. The Hall–Kier alpha value is -4.52. The number of ether oxygens (including phenoxy) is 1. The van der Waals surface area contributed by atoms with E-state index in [-0.39, 0.29) is 51.4 Å². The zero-order valence-electron chi connectivity index (χ0n) is 23.0. The molecule has 1 aromatic carbocycles. The quantitative estimate of drug-likeness (QED) is 0.395. The van der Waals surface area contributed by atoms with E-state index in [1.807, 2.05) is 6.07 Å². The molecule has 3 heterocycles. The van der Waals surface area contributed by atoms with Crippen LogP contribution in [0.5, 0.6) is 0 Å². The van der Waals surface area contributed by atoms with Gasteiger partial charge in [0.2, 0.25) is 5.95 Å². The molecule has 1 fully saturated rings. The van der Waals surface area contributed by atoms with Crippen LogP contribution in [0, 0.1) is 11.3 Å². The topological polar surface area (TPSA) is 181 Å². The Bertz CT molecular complexity index is 1630. The van der Waals surface area contributed by atoms with Crippen molar-refractivity contribution in [2.75, 3.05) is 41.4 Å². The Morgan fingerprint density at radius 3 is 2.52 bits per heavy atom. The first kappa shape index (κ1) is 30.4. The van der Waals surface area contributed by atoms with Gasteiger partial charge in [0.1, 0.15) is 29.1 Å². The van der Waals surface area contributed by atoms with Crippen molar-refractivity contribution in [3.05, 3.63) is 45.0 Å². The molecule has 0 spiro atoms. The third kappa shape index (κ3) is 6.05. The van der Waals surface area contributed by atoms with Crippen LogP contribution in [-0.2, 0) is 4.74 Å². The van der Waals surface area contributed by atoms with Gasteiger partial charge in [0.05, 0.1) is 35.1 Å². The molecule has 0 saturated carbocycles. The predicted molar refractivity (Wildman–Crippen MR) is 149 cm³/mol. The first-order valence-electron chi connectivity index (χ1n) is 12.6. The number of carbonyl (C=O) groups excluding carboxylic acids is 1. The number of fused-ring (bicyclic) bond motifs is 1. The molecule has 1 amide bonds. The van der Waals surface area contributed by atoms with E-state index in [0.29, 0.717) is 4.90 Å². The summed E-state index contributed by atoms with van der Waals surface area (Å²) in [6.07, 6.45) is -5.99. The highest BCUT2D eigenvalue weighted by atomic mass is 35.5. The first-order valence-corrected chi connectivity index (χ1v) is 13.0. The van der Waals surface area contributed by atoms with E-state index < -0.39 is 48.6 Å². The Balaban J connectivity index is 1.83. The molecule has 0 aliphatic carbocycles. The van der Waals surface area contributed by atoms with Gasteiger partial charge in [-0.3, -0.25) is 9.69 Å². The number of amides is 1. The van der Waals surface area contributed by atoms with Crippen LogP contribution in [0.4, 0.5) is 35.5 Å². The summed E-state index contributed by atoms with van der Waals surface area (Å²) < 4.78 is 49.2. The van der Waals surface area contributed by atoms with Crippen molar-refractivity contribution in [1.29, 1.82) is 5.26 Å². The Kier molecular flexibility index (Phi) is 8.00. The first-order chi connectivity index (χ1) is 19.5. The van der Waals surface area contributed by atoms with Crippen molar-refractivity contribution in [2.45, 2.75) is 51.6 Å². The third-order valence-corrected chi connectivity index (χ3v) is 6.62. The SMILES string of the molecule is C[C@H](Nc1nc(N)nc(N)c1C#N)c1nc2cccc(Cl)c2c(=O)n1N1CCN(C(=O)OC(C)(C)C)C(C(F)(F)F)C1. The molecule has 5 N–H and O–H groups in total. The highest BCUT2D eigenvalue weighted by molar-refractivity contribution is 6.35. The molecule has 2 atom stereocenters. The average Bonchev–Trinajstić information content (AvgIpc) is 2.86. The fraction of sp³-hybridized carbons (Fsp3) is 0.440. The molecule has 1 aliphatic heterocycles. The molecule has 42 heavy (non-hydrogen) atoms. The van der Waals surface area contributed by atoms with Gasteiger partial charge in [0, 0.05) is 6.54 Å². The van der Waals surface area contributed by atoms with Gasteiger partial charge in [0.25, 0.3) is 5.56 Å². The minimum absolute atomic E-state index is 0.0125. The van der Waals surface area contributed by atoms with Crippen molar-refractivity contribution in [1.82, 2.24) is 24.5 Å². The van der Waals surface area contributed by atoms with Crippen molar-refractivity contribution in [3.63, 3.8) is 0 Å². The van der Waals surface area contributed by atoms with Crippen LogP contribution in [-0.4, -0.2) is 68.1 Å². The number of nitriles is 1. The van der Waals surface area contributed by atoms with Crippen LogP contribution in [0.3, 0.4) is 0 Å². The number of nitrogens with two attached hydrogens (primary N) is 2. The lowest BCUT2D eigenvalue weighted by atomic mass is 10.1. The van der Waals surface area contributed by atoms with Crippen LogP contribution in [0.1, 0.15) is 45.1 Å². The number of nitrogens with zero attached hydrogens (tertiary/aromatic N) is 7. The molecule has 1 aliphatic rings. The van der Waals surface area contributed by atoms with Gasteiger partial charge in [-0.2, -0.15) is 28.4 Å². The lowest BCUT2D eigenvalue weighted by molar-refractivity contribution is -0.182. The summed E-state index contributed by atoms with van der Waals surface area (Å²) in [5.41, 5.74) is 9.81. The number of carbonyl (C=O) groups is 1. The number of nitrogens with one attached hydrogen (secondary N) is 1. The zero-order valence-corrected chi connectivity index (χ0v) is 23.8. The summed E-state index contributed by atoms with van der Waals surface area (Å²) in [6.45, 7) is 4.80. The molecular formula is C25H28ClF3N10O3. The zero-order chi connectivity index (χ0) is 31.1. The van der Waals surface area contributed by atoms with Gasteiger partial charge < -0.3 is 26.5 Å². The number of hydrogen-bond acceptors (Lipinski definition) is 11. The number of nitrogen functional groups attached to an aromatic ring is 2. The van der Waals surface area contributed by atoms with E-state index in [4.69, 9.17) is 27.8 Å². The number of piperazine rings is 1. The minimum atomic E-state index is -4.86. The number of anilines is 3. The summed E-state index contributed by atoms with van der Waals surface area (Å²) in [7, 11) is 0. The standard InChI is InChI=1S/C25H28ClF3N10O3/c1-12(33-19-13(10-30)18(31)35-22(32)36-19)20-34-15-7-5-6-14(26)17(15)21(40)39(20)37-8-9-38(16(11-37)25(27,28)29)23(41)42-24(2,3)4/h5-7,12,16H,8-9,11H2,1-4H3,(H5,31,32,33,35,36)/t12-,16?/m0/s1. The van der Waals surface area contributed by atoms with Gasteiger partial charge >= 0.3 is 12.3 Å². The van der Waals surface area contributed by atoms with Gasteiger partial charge in [0.15, 0.2) is 11.6 Å². The second-order valence-corrected chi connectivity index (χ2v) is 10.9. The fourth-order valence-corrected chi connectivity index (χ4v) is 4.75. The minimum Gasteiger partial charge on any atom is -0.444 e. The van der Waals surface area contributed by atoms with Gasteiger partial charge in [-0.1, -0.05) is 17.7 Å². The second kappa shape index (κ2) is 11.0. The van der Waals surface area contributed by atoms with Gasteiger partial charge in [-0.25, -0.2) is 14.5 Å². The van der Waals surface area contributed by atoms with Crippen LogP contribution in [0.25, 0.3) is 10.9 Å². The fourth-order valence-electron chi connectivity index (χ4n) is 4.50. The summed E-state index contributed by atoms with van der Waals surface area (Å²) >= 11 is 6.32. The number of rotatable bonds is 4. The van der Waals surface area contributed by atoms with E-state index in [1.54, 1.807) is 33.8 Å². The smallest absolute Gasteiger partial charge is 0.410 e. The molecule has 2 aromatic heterocycles. The summed E-state index contributed by atoms with van der Waals surface area (Å²) in [6, 6.07) is 3.19. The maximum absolute atomic E-state index is 14.3. The highest BCUT2D eigenvalue weighted by Gasteiger charge is 2.50. The lowest BCUT2D eigenvalue weighted by Gasteiger charge is -2.43. The van der Waals surface area contributed by atoms with Gasteiger partial charge in [-0.05, 0) is 39.8 Å². The molecule has 0 radical (unpaired) electrons. The number of hydrogen-bond donors (Lipinski definition) is 3. The van der Waals surface area contributed by atoms with Crippen molar-refractivity contribution in [2.24, 2.45) is 0 Å². The maximum atomic E-state index is 14.3. The lowest BCUT2D eigenvalue weighted by Crippen LogP contribution is -2.65. The number of halogens is 4.